The van der Waals surface area contributed by atoms with Gasteiger partial charge in [-0.15, -0.1) is 0 Å². The molecular weight excluding hydrogens is 234 g/mol. The van der Waals surface area contributed by atoms with Gasteiger partial charge in [0.05, 0.1) is 0 Å². The van der Waals surface area contributed by atoms with Crippen molar-refractivity contribution in [3.05, 3.63) is 6.33 Å². The fourth-order valence-corrected chi connectivity index (χ4v) is 2.02. The summed E-state index contributed by atoms with van der Waals surface area (Å²) >= 11 is 1.52. The summed E-state index contributed by atoms with van der Waals surface area (Å²) in [7, 11) is 0. The van der Waals surface area contributed by atoms with Crippen LogP contribution in [0.4, 0.5) is 5.95 Å². The average Bonchev–Trinajstić information content (AvgIpc) is 2.93. The van der Waals surface area contributed by atoms with Gasteiger partial charge in [-0.2, -0.15) is 4.98 Å². The highest BCUT2D eigenvalue weighted by molar-refractivity contribution is 7.98. The second-order valence-corrected chi connectivity index (χ2v) is 6.06. The minimum absolute atomic E-state index is 0.157. The third-order valence-corrected chi connectivity index (χ3v) is 3.02. The van der Waals surface area contributed by atoms with E-state index in [1.54, 1.807) is 6.33 Å². The summed E-state index contributed by atoms with van der Waals surface area (Å²) in [5.74, 6) is 0.674. The summed E-state index contributed by atoms with van der Waals surface area (Å²) in [6.07, 6.45) is 4.63. The van der Waals surface area contributed by atoms with E-state index < -0.39 is 0 Å². The molecule has 5 nitrogen and oxygen atoms in total. The van der Waals surface area contributed by atoms with Crippen LogP contribution in [0.25, 0.3) is 0 Å². The van der Waals surface area contributed by atoms with Crippen LogP contribution in [0.2, 0.25) is 0 Å². The van der Waals surface area contributed by atoms with Crippen molar-refractivity contribution in [2.45, 2.75) is 50.0 Å². The Balaban J connectivity index is 1.87. The molecule has 1 aromatic heterocycles. The SMILES string of the molecule is CSc1ncnc(NC2CC2NC(C)(C)C)n1. The zero-order valence-electron chi connectivity index (χ0n) is 10.7. The highest BCUT2D eigenvalue weighted by atomic mass is 32.2. The van der Waals surface area contributed by atoms with Gasteiger partial charge in [0.15, 0.2) is 5.16 Å². The predicted octanol–water partition coefficient (Wildman–Crippen LogP) is 1.53. The molecule has 0 aromatic carbocycles. The van der Waals surface area contributed by atoms with E-state index in [9.17, 15) is 0 Å². The molecule has 94 valence electrons. The van der Waals surface area contributed by atoms with Crippen molar-refractivity contribution in [1.82, 2.24) is 20.3 Å². The lowest BCUT2D eigenvalue weighted by molar-refractivity contribution is 0.420. The maximum Gasteiger partial charge on any atom is 0.226 e. The van der Waals surface area contributed by atoms with Crippen molar-refractivity contribution in [3.63, 3.8) is 0 Å². The highest BCUT2D eigenvalue weighted by Crippen LogP contribution is 2.26. The second kappa shape index (κ2) is 4.78. The fourth-order valence-electron chi connectivity index (χ4n) is 1.69. The molecule has 1 heterocycles. The van der Waals surface area contributed by atoms with Crippen molar-refractivity contribution >= 4 is 17.7 Å². The van der Waals surface area contributed by atoms with Crippen molar-refractivity contribution in [2.24, 2.45) is 0 Å². The molecule has 2 N–H and O–H groups in total. The Morgan fingerprint density at radius 2 is 2.06 bits per heavy atom. The van der Waals surface area contributed by atoms with Gasteiger partial charge in [-0.3, -0.25) is 0 Å². The molecule has 1 fully saturated rings. The smallest absolute Gasteiger partial charge is 0.226 e. The molecule has 1 aliphatic carbocycles. The van der Waals surface area contributed by atoms with Crippen LogP contribution in [0.15, 0.2) is 11.5 Å². The molecule has 0 radical (unpaired) electrons. The topological polar surface area (TPSA) is 62.7 Å². The predicted molar refractivity (Wildman–Crippen MR) is 70.3 cm³/mol. The summed E-state index contributed by atoms with van der Waals surface area (Å²) in [5, 5.41) is 7.63. The number of aromatic nitrogens is 3. The molecule has 1 saturated carbocycles. The van der Waals surface area contributed by atoms with E-state index in [0.717, 1.165) is 11.6 Å². The number of nitrogens with one attached hydrogen (secondary N) is 2. The van der Waals surface area contributed by atoms with Gasteiger partial charge in [-0.25, -0.2) is 9.97 Å². The Bertz CT molecular complexity index is 390. The van der Waals surface area contributed by atoms with Gasteiger partial charge in [-0.1, -0.05) is 11.8 Å². The quantitative estimate of drug-likeness (QED) is 0.794. The maximum atomic E-state index is 4.30. The molecule has 2 atom stereocenters. The van der Waals surface area contributed by atoms with E-state index in [4.69, 9.17) is 0 Å². The molecule has 0 spiro atoms. The zero-order valence-corrected chi connectivity index (χ0v) is 11.5. The minimum Gasteiger partial charge on any atom is -0.350 e. The van der Waals surface area contributed by atoms with E-state index in [-0.39, 0.29) is 5.54 Å². The molecule has 2 unspecified atom stereocenters. The van der Waals surface area contributed by atoms with Crippen LogP contribution in [0, 0.1) is 0 Å². The summed E-state index contributed by atoms with van der Waals surface area (Å²) in [6, 6.07) is 0.954. The monoisotopic (exact) mass is 253 g/mol. The average molecular weight is 253 g/mol. The molecule has 0 aliphatic heterocycles. The second-order valence-electron chi connectivity index (χ2n) is 5.28. The molecule has 6 heteroatoms. The number of nitrogens with zero attached hydrogens (tertiary/aromatic N) is 3. The molecule has 0 saturated heterocycles. The Morgan fingerprint density at radius 3 is 2.71 bits per heavy atom. The van der Waals surface area contributed by atoms with Gasteiger partial charge in [0, 0.05) is 17.6 Å². The third-order valence-electron chi connectivity index (χ3n) is 2.46. The number of hydrogen-bond donors (Lipinski definition) is 2. The van der Waals surface area contributed by atoms with Crippen molar-refractivity contribution in [2.75, 3.05) is 11.6 Å². The molecule has 1 aromatic rings. The minimum atomic E-state index is 0.157. The summed E-state index contributed by atoms with van der Waals surface area (Å²) in [6.45, 7) is 6.53. The molecule has 2 rings (SSSR count). The van der Waals surface area contributed by atoms with Gasteiger partial charge >= 0.3 is 0 Å². The lowest BCUT2D eigenvalue weighted by atomic mass is 10.1. The van der Waals surface area contributed by atoms with Crippen LogP contribution >= 0.6 is 11.8 Å². The van der Waals surface area contributed by atoms with Gasteiger partial charge in [0.2, 0.25) is 5.95 Å². The highest BCUT2D eigenvalue weighted by Gasteiger charge is 2.39. The van der Waals surface area contributed by atoms with Crippen LogP contribution in [0.1, 0.15) is 27.2 Å². The number of thioether (sulfide) groups is 1. The van der Waals surface area contributed by atoms with Crippen LogP contribution in [-0.2, 0) is 0 Å². The zero-order chi connectivity index (χ0) is 12.5. The van der Waals surface area contributed by atoms with Crippen molar-refractivity contribution < 1.29 is 0 Å². The Hall–Kier alpha value is -0.880. The summed E-state index contributed by atoms with van der Waals surface area (Å²) in [4.78, 5) is 12.5. The van der Waals surface area contributed by atoms with Gasteiger partial charge in [-0.05, 0) is 33.4 Å². The fraction of sp³-hybridized carbons (Fsp3) is 0.727. The van der Waals surface area contributed by atoms with E-state index in [1.807, 2.05) is 6.26 Å². The lowest BCUT2D eigenvalue weighted by Gasteiger charge is -2.20. The number of hydrogen-bond acceptors (Lipinski definition) is 6. The largest absolute Gasteiger partial charge is 0.350 e. The molecule has 1 aliphatic rings. The first kappa shape index (κ1) is 12.6. The summed E-state index contributed by atoms with van der Waals surface area (Å²) < 4.78 is 0. The van der Waals surface area contributed by atoms with Crippen LogP contribution in [0.5, 0.6) is 0 Å². The first-order chi connectivity index (χ1) is 7.98. The molecule has 0 amide bonds. The van der Waals surface area contributed by atoms with Gasteiger partial charge in [0.25, 0.3) is 0 Å². The van der Waals surface area contributed by atoms with Crippen LogP contribution in [-0.4, -0.2) is 38.8 Å². The van der Waals surface area contributed by atoms with E-state index >= 15 is 0 Å². The van der Waals surface area contributed by atoms with Crippen molar-refractivity contribution in [1.29, 1.82) is 0 Å². The Morgan fingerprint density at radius 1 is 1.29 bits per heavy atom. The van der Waals surface area contributed by atoms with Gasteiger partial charge < -0.3 is 10.6 Å². The third kappa shape index (κ3) is 3.81. The first-order valence-electron chi connectivity index (χ1n) is 5.75. The Kier molecular flexibility index (Phi) is 3.53. The van der Waals surface area contributed by atoms with E-state index in [2.05, 4.69) is 46.4 Å². The summed E-state index contributed by atoms with van der Waals surface area (Å²) in [5.41, 5.74) is 0.157. The molecule has 17 heavy (non-hydrogen) atoms. The molecular formula is C11H19N5S. The maximum absolute atomic E-state index is 4.30. The van der Waals surface area contributed by atoms with Crippen molar-refractivity contribution in [3.8, 4) is 0 Å². The lowest BCUT2D eigenvalue weighted by Crippen LogP contribution is -2.39. The van der Waals surface area contributed by atoms with Crippen LogP contribution < -0.4 is 10.6 Å². The van der Waals surface area contributed by atoms with E-state index in [1.165, 1.54) is 11.8 Å². The van der Waals surface area contributed by atoms with Crippen LogP contribution in [0.3, 0.4) is 0 Å². The normalized spacial score (nSPS) is 23.5. The molecule has 0 bridgehead atoms. The first-order valence-corrected chi connectivity index (χ1v) is 6.98. The number of anilines is 1. The van der Waals surface area contributed by atoms with E-state index in [0.29, 0.717) is 18.0 Å². The standard InChI is InChI=1S/C11H19N5S/c1-11(2,3)16-8-5-7(8)14-9-12-6-13-10(15-9)17-4/h6-8,16H,5H2,1-4H3,(H,12,13,14,15). The van der Waals surface area contributed by atoms with Gasteiger partial charge in [0.1, 0.15) is 6.33 Å². The Labute approximate surface area is 106 Å². The number of rotatable bonds is 4.